The summed E-state index contributed by atoms with van der Waals surface area (Å²) < 4.78 is 0. The Morgan fingerprint density at radius 2 is 2.00 bits per heavy atom. The maximum Gasteiger partial charge on any atom is 0.141 e. The fourth-order valence-corrected chi connectivity index (χ4v) is 2.79. The van der Waals surface area contributed by atoms with Crippen LogP contribution in [0.5, 0.6) is 5.75 Å². The quantitative estimate of drug-likeness (QED) is 0.932. The van der Waals surface area contributed by atoms with Gasteiger partial charge in [0.05, 0.1) is 6.61 Å². The molecule has 0 saturated carbocycles. The summed E-state index contributed by atoms with van der Waals surface area (Å²) in [4.78, 5) is 12.2. The number of phenolic OH excluding ortho intramolecular Hbond substituents is 1. The first-order valence-electron chi connectivity index (χ1n) is 7.43. The van der Waals surface area contributed by atoms with Crippen LogP contribution in [0.15, 0.2) is 30.5 Å². The largest absolute Gasteiger partial charge is 0.506 e. The Labute approximate surface area is 124 Å². The maximum absolute atomic E-state index is 9.90. The van der Waals surface area contributed by atoms with Crippen molar-refractivity contribution in [1.29, 1.82) is 0 Å². The van der Waals surface area contributed by atoms with Crippen LogP contribution in [-0.2, 0) is 11.4 Å². The fraction of sp³-hybridized carbons (Fsp3) is 0.438. The lowest BCUT2D eigenvalue weighted by Gasteiger charge is -2.33. The predicted octanol–water partition coefficient (Wildman–Crippen LogP) is 2.01. The van der Waals surface area contributed by atoms with Crippen molar-refractivity contribution in [2.45, 2.75) is 13.5 Å². The molecule has 1 N–H and O–H groups in total. The number of hydrogen-bond donors (Lipinski definition) is 1. The number of benzene rings is 1. The van der Waals surface area contributed by atoms with Gasteiger partial charge in [0.1, 0.15) is 11.3 Å². The number of hydrogen-bond acceptors (Lipinski definition) is 5. The molecule has 0 spiro atoms. The molecule has 1 aromatic heterocycles. The van der Waals surface area contributed by atoms with Crippen LogP contribution >= 0.6 is 0 Å². The second-order valence-corrected chi connectivity index (χ2v) is 5.27. The molecule has 3 rings (SSSR count). The van der Waals surface area contributed by atoms with Gasteiger partial charge in [-0.2, -0.15) is 5.06 Å². The van der Waals surface area contributed by atoms with E-state index in [-0.39, 0.29) is 5.75 Å². The molecule has 2 aromatic rings. The molecule has 0 bridgehead atoms. The molecule has 0 radical (unpaired) electrons. The summed E-state index contributed by atoms with van der Waals surface area (Å²) >= 11 is 0. The van der Waals surface area contributed by atoms with Crippen LogP contribution < -0.4 is 0 Å². The second kappa shape index (κ2) is 6.39. The summed E-state index contributed by atoms with van der Waals surface area (Å²) in [6.45, 7) is 7.47. The molecule has 0 amide bonds. The molecular weight excluding hydrogens is 266 g/mol. The highest BCUT2D eigenvalue weighted by Crippen LogP contribution is 2.26. The number of nitrogens with zero attached hydrogens (tertiary/aromatic N) is 3. The zero-order valence-corrected chi connectivity index (χ0v) is 12.3. The van der Waals surface area contributed by atoms with Crippen LogP contribution in [0.2, 0.25) is 0 Å². The lowest BCUT2D eigenvalue weighted by Crippen LogP contribution is -2.45. The van der Waals surface area contributed by atoms with Gasteiger partial charge in [0.15, 0.2) is 0 Å². The minimum absolute atomic E-state index is 0.246. The topological polar surface area (TPSA) is 48.8 Å². The standard InChI is InChI=1S/C16H21N3O2/c1-2-21-19-10-8-18(9-11-19)12-13-5-6-15(20)16-14(13)4-3-7-17-16/h3-7,20H,2,8-12H2,1H3. The lowest BCUT2D eigenvalue weighted by molar-refractivity contribution is -0.173. The van der Waals surface area contributed by atoms with Crippen molar-refractivity contribution in [2.24, 2.45) is 0 Å². The minimum Gasteiger partial charge on any atom is -0.506 e. The Morgan fingerprint density at radius 1 is 1.19 bits per heavy atom. The Hall–Kier alpha value is -1.69. The van der Waals surface area contributed by atoms with Crippen LogP contribution in [0.3, 0.4) is 0 Å². The summed E-state index contributed by atoms with van der Waals surface area (Å²) in [5, 5.41) is 13.0. The minimum atomic E-state index is 0.246. The first-order valence-corrected chi connectivity index (χ1v) is 7.43. The number of rotatable bonds is 4. The van der Waals surface area contributed by atoms with Gasteiger partial charge in [-0.05, 0) is 24.6 Å². The van der Waals surface area contributed by atoms with E-state index >= 15 is 0 Å². The molecule has 5 heteroatoms. The highest BCUT2D eigenvalue weighted by molar-refractivity contribution is 5.87. The zero-order valence-electron chi connectivity index (χ0n) is 12.3. The number of phenols is 1. The Balaban J connectivity index is 1.73. The Bertz CT molecular complexity index is 609. The summed E-state index contributed by atoms with van der Waals surface area (Å²) in [5.74, 6) is 0.246. The molecule has 1 fully saturated rings. The smallest absolute Gasteiger partial charge is 0.141 e. The number of fused-ring (bicyclic) bond motifs is 1. The zero-order chi connectivity index (χ0) is 14.7. The normalized spacial score (nSPS) is 17.4. The van der Waals surface area contributed by atoms with E-state index in [1.54, 1.807) is 12.3 Å². The van der Waals surface area contributed by atoms with E-state index in [4.69, 9.17) is 4.84 Å². The maximum atomic E-state index is 9.90. The molecular formula is C16H21N3O2. The molecule has 1 aliphatic rings. The predicted molar refractivity (Wildman–Crippen MR) is 81.9 cm³/mol. The van der Waals surface area contributed by atoms with E-state index in [1.165, 1.54) is 5.56 Å². The first-order chi connectivity index (χ1) is 10.3. The average Bonchev–Trinajstić information content (AvgIpc) is 2.52. The van der Waals surface area contributed by atoms with Crippen molar-refractivity contribution in [1.82, 2.24) is 14.9 Å². The third kappa shape index (κ3) is 3.15. The van der Waals surface area contributed by atoms with Crippen molar-refractivity contribution in [3.8, 4) is 5.75 Å². The summed E-state index contributed by atoms with van der Waals surface area (Å²) in [7, 11) is 0. The molecule has 0 unspecified atom stereocenters. The van der Waals surface area contributed by atoms with Gasteiger partial charge in [-0.3, -0.25) is 14.7 Å². The monoisotopic (exact) mass is 287 g/mol. The van der Waals surface area contributed by atoms with Gasteiger partial charge in [0, 0.05) is 44.3 Å². The van der Waals surface area contributed by atoms with Gasteiger partial charge in [0.2, 0.25) is 0 Å². The van der Waals surface area contributed by atoms with Gasteiger partial charge >= 0.3 is 0 Å². The highest BCUT2D eigenvalue weighted by Gasteiger charge is 2.18. The van der Waals surface area contributed by atoms with Gasteiger partial charge in [-0.25, -0.2) is 0 Å². The van der Waals surface area contributed by atoms with E-state index in [0.29, 0.717) is 5.52 Å². The van der Waals surface area contributed by atoms with Crippen molar-refractivity contribution in [2.75, 3.05) is 32.8 Å². The third-order valence-corrected chi connectivity index (χ3v) is 3.88. The average molecular weight is 287 g/mol. The molecule has 1 saturated heterocycles. The molecule has 112 valence electrons. The first kappa shape index (κ1) is 14.3. The highest BCUT2D eigenvalue weighted by atomic mass is 16.7. The number of piperazine rings is 1. The van der Waals surface area contributed by atoms with Crippen LogP contribution in [0.25, 0.3) is 10.9 Å². The molecule has 1 aliphatic heterocycles. The number of pyridine rings is 1. The molecule has 5 nitrogen and oxygen atoms in total. The lowest BCUT2D eigenvalue weighted by atomic mass is 10.1. The summed E-state index contributed by atoms with van der Waals surface area (Å²) in [5.41, 5.74) is 1.89. The molecule has 21 heavy (non-hydrogen) atoms. The Morgan fingerprint density at radius 3 is 2.76 bits per heavy atom. The molecule has 2 heterocycles. The molecule has 0 atom stereocenters. The molecule has 1 aromatic carbocycles. The van der Waals surface area contributed by atoms with E-state index in [2.05, 4.69) is 9.88 Å². The van der Waals surface area contributed by atoms with Crippen LogP contribution in [-0.4, -0.2) is 52.8 Å². The second-order valence-electron chi connectivity index (χ2n) is 5.27. The van der Waals surface area contributed by atoms with Crippen molar-refractivity contribution in [3.63, 3.8) is 0 Å². The summed E-state index contributed by atoms with van der Waals surface area (Å²) in [6, 6.07) is 7.67. The van der Waals surface area contributed by atoms with E-state index in [1.807, 2.05) is 30.2 Å². The van der Waals surface area contributed by atoms with Crippen molar-refractivity contribution in [3.05, 3.63) is 36.0 Å². The third-order valence-electron chi connectivity index (χ3n) is 3.88. The van der Waals surface area contributed by atoms with Gasteiger partial charge in [-0.1, -0.05) is 12.1 Å². The van der Waals surface area contributed by atoms with E-state index in [9.17, 15) is 5.11 Å². The number of hydroxylamine groups is 2. The number of aromatic nitrogens is 1. The van der Waals surface area contributed by atoms with Gasteiger partial charge in [0.25, 0.3) is 0 Å². The molecule has 0 aliphatic carbocycles. The van der Waals surface area contributed by atoms with Crippen LogP contribution in [0.4, 0.5) is 0 Å². The SMILES string of the molecule is CCON1CCN(Cc2ccc(O)c3ncccc23)CC1. The van der Waals surface area contributed by atoms with Crippen LogP contribution in [0.1, 0.15) is 12.5 Å². The van der Waals surface area contributed by atoms with E-state index in [0.717, 1.165) is 44.7 Å². The van der Waals surface area contributed by atoms with Crippen molar-refractivity contribution < 1.29 is 9.94 Å². The van der Waals surface area contributed by atoms with Crippen LogP contribution in [0, 0.1) is 0 Å². The van der Waals surface area contributed by atoms with Crippen molar-refractivity contribution >= 4 is 10.9 Å². The fourth-order valence-electron chi connectivity index (χ4n) is 2.79. The van der Waals surface area contributed by atoms with Gasteiger partial charge < -0.3 is 5.11 Å². The van der Waals surface area contributed by atoms with E-state index < -0.39 is 0 Å². The van der Waals surface area contributed by atoms with Gasteiger partial charge in [-0.15, -0.1) is 0 Å². The number of aromatic hydroxyl groups is 1. The Kier molecular flexibility index (Phi) is 4.34. The summed E-state index contributed by atoms with van der Waals surface area (Å²) in [6.07, 6.45) is 1.71.